The topological polar surface area (TPSA) is 64.1 Å². The molecule has 1 aromatic heterocycles. The molecule has 104 valence electrons. The summed E-state index contributed by atoms with van der Waals surface area (Å²) in [5.41, 5.74) is 8.62. The van der Waals surface area contributed by atoms with E-state index in [2.05, 4.69) is 24.1 Å². The van der Waals surface area contributed by atoms with Crippen molar-refractivity contribution in [3.05, 3.63) is 24.1 Å². The van der Waals surface area contributed by atoms with Gasteiger partial charge in [-0.1, -0.05) is 20.8 Å². The molecule has 0 aliphatic carbocycles. The second-order valence-corrected chi connectivity index (χ2v) is 5.26. The lowest BCUT2D eigenvalue weighted by Crippen LogP contribution is -2.27. The van der Waals surface area contributed by atoms with Crippen molar-refractivity contribution >= 4 is 16.8 Å². The molecule has 1 heterocycles. The van der Waals surface area contributed by atoms with Crippen LogP contribution in [0.5, 0.6) is 0 Å². The zero-order valence-corrected chi connectivity index (χ0v) is 11.9. The predicted octanol–water partition coefficient (Wildman–Crippen LogP) is 3.03. The third-order valence-corrected chi connectivity index (χ3v) is 3.55. The van der Waals surface area contributed by atoms with E-state index in [-0.39, 0.29) is 0 Å². The monoisotopic (exact) mass is 261 g/mol. The van der Waals surface area contributed by atoms with Crippen LogP contribution in [0, 0.1) is 11.8 Å². The van der Waals surface area contributed by atoms with E-state index in [0.29, 0.717) is 18.4 Å². The molecule has 2 rings (SSSR count). The highest BCUT2D eigenvalue weighted by Crippen LogP contribution is 2.21. The summed E-state index contributed by atoms with van der Waals surface area (Å²) in [5, 5.41) is 3.43. The van der Waals surface area contributed by atoms with E-state index in [4.69, 9.17) is 10.2 Å². The second-order valence-electron chi connectivity index (χ2n) is 5.26. The lowest BCUT2D eigenvalue weighted by molar-refractivity contribution is 0.413. The van der Waals surface area contributed by atoms with Gasteiger partial charge in [-0.25, -0.2) is 4.98 Å². The minimum absolute atomic E-state index is 0.485. The van der Waals surface area contributed by atoms with Crippen molar-refractivity contribution in [3.8, 4) is 0 Å². The number of nitrogens with two attached hydrogens (primary N) is 1. The first-order valence-electron chi connectivity index (χ1n) is 6.97. The number of nitrogens with one attached hydrogen (secondary N) is 1. The number of aryl methyl sites for hydroxylation is 1. The average molecular weight is 261 g/mol. The second kappa shape index (κ2) is 6.06. The Hall–Kier alpha value is -1.55. The van der Waals surface area contributed by atoms with Crippen molar-refractivity contribution < 1.29 is 4.42 Å². The Balaban J connectivity index is 2.08. The normalized spacial score (nSPS) is 13.1. The number of hydrogen-bond donors (Lipinski definition) is 2. The number of aromatic nitrogens is 1. The van der Waals surface area contributed by atoms with E-state index in [1.807, 2.05) is 25.1 Å². The SMILES string of the molecule is CCc1nc2cc(NCC(CN)C(C)C)ccc2o1. The van der Waals surface area contributed by atoms with Gasteiger partial charge in [-0.05, 0) is 36.6 Å². The molecule has 0 amide bonds. The molecule has 1 aromatic carbocycles. The van der Waals surface area contributed by atoms with Gasteiger partial charge in [-0.2, -0.15) is 0 Å². The quantitative estimate of drug-likeness (QED) is 0.839. The number of benzene rings is 1. The number of rotatable bonds is 6. The highest BCUT2D eigenvalue weighted by Gasteiger charge is 2.11. The van der Waals surface area contributed by atoms with Gasteiger partial charge in [-0.3, -0.25) is 0 Å². The predicted molar refractivity (Wildman–Crippen MR) is 79.3 cm³/mol. The molecule has 0 saturated carbocycles. The Kier molecular flexibility index (Phi) is 4.43. The van der Waals surface area contributed by atoms with Crippen molar-refractivity contribution in [1.82, 2.24) is 4.98 Å². The van der Waals surface area contributed by atoms with Crippen molar-refractivity contribution in [2.45, 2.75) is 27.2 Å². The van der Waals surface area contributed by atoms with Crippen LogP contribution in [0.4, 0.5) is 5.69 Å². The molecule has 0 aliphatic rings. The van der Waals surface area contributed by atoms with Gasteiger partial charge >= 0.3 is 0 Å². The number of fused-ring (bicyclic) bond motifs is 1. The first-order valence-corrected chi connectivity index (χ1v) is 6.97. The molecule has 0 saturated heterocycles. The van der Waals surface area contributed by atoms with Crippen LogP contribution in [0.3, 0.4) is 0 Å². The molecule has 4 heteroatoms. The van der Waals surface area contributed by atoms with E-state index < -0.39 is 0 Å². The molecule has 3 N–H and O–H groups in total. The summed E-state index contributed by atoms with van der Waals surface area (Å²) in [4.78, 5) is 4.44. The number of nitrogens with zero attached hydrogens (tertiary/aromatic N) is 1. The van der Waals surface area contributed by atoms with Crippen LogP contribution < -0.4 is 11.1 Å². The van der Waals surface area contributed by atoms with Crippen molar-refractivity contribution in [1.29, 1.82) is 0 Å². The Labute approximate surface area is 114 Å². The molecule has 0 aliphatic heterocycles. The van der Waals surface area contributed by atoms with Crippen LogP contribution >= 0.6 is 0 Å². The van der Waals surface area contributed by atoms with Gasteiger partial charge in [-0.15, -0.1) is 0 Å². The molecule has 4 nitrogen and oxygen atoms in total. The molecule has 0 fully saturated rings. The maximum absolute atomic E-state index is 5.78. The summed E-state index contributed by atoms with van der Waals surface area (Å²) >= 11 is 0. The highest BCUT2D eigenvalue weighted by atomic mass is 16.3. The average Bonchev–Trinajstić information content (AvgIpc) is 2.81. The molecule has 19 heavy (non-hydrogen) atoms. The third kappa shape index (κ3) is 3.26. The maximum atomic E-state index is 5.78. The van der Waals surface area contributed by atoms with Crippen LogP contribution in [-0.2, 0) is 6.42 Å². The van der Waals surface area contributed by atoms with Gasteiger partial charge in [0.15, 0.2) is 11.5 Å². The molecule has 0 spiro atoms. The Morgan fingerprint density at radius 3 is 2.79 bits per heavy atom. The fourth-order valence-corrected chi connectivity index (χ4v) is 2.08. The van der Waals surface area contributed by atoms with Gasteiger partial charge in [0.05, 0.1) is 0 Å². The molecule has 1 atom stereocenters. The van der Waals surface area contributed by atoms with Gasteiger partial charge in [0, 0.05) is 18.7 Å². The summed E-state index contributed by atoms with van der Waals surface area (Å²) in [5.74, 6) is 1.85. The van der Waals surface area contributed by atoms with Crippen molar-refractivity contribution in [2.24, 2.45) is 17.6 Å². The van der Waals surface area contributed by atoms with E-state index in [0.717, 1.165) is 35.6 Å². The zero-order valence-electron chi connectivity index (χ0n) is 11.9. The van der Waals surface area contributed by atoms with Crippen LogP contribution in [-0.4, -0.2) is 18.1 Å². The van der Waals surface area contributed by atoms with Crippen LogP contribution in [0.15, 0.2) is 22.6 Å². The summed E-state index contributed by atoms with van der Waals surface area (Å²) in [6, 6.07) is 6.03. The third-order valence-electron chi connectivity index (χ3n) is 3.55. The molecule has 2 aromatic rings. The van der Waals surface area contributed by atoms with Gasteiger partial charge < -0.3 is 15.5 Å². The number of anilines is 1. The van der Waals surface area contributed by atoms with E-state index in [1.165, 1.54) is 0 Å². The fourth-order valence-electron chi connectivity index (χ4n) is 2.08. The molecule has 0 radical (unpaired) electrons. The zero-order chi connectivity index (χ0) is 13.8. The first kappa shape index (κ1) is 13.9. The summed E-state index contributed by atoms with van der Waals surface area (Å²) in [6.45, 7) is 8.04. The minimum Gasteiger partial charge on any atom is -0.441 e. The standard InChI is InChI=1S/C15H23N3O/c1-4-15-18-13-7-12(5-6-14(13)19-15)17-9-11(8-16)10(2)3/h5-7,10-11,17H,4,8-9,16H2,1-3H3. The van der Waals surface area contributed by atoms with Crippen LogP contribution in [0.2, 0.25) is 0 Å². The van der Waals surface area contributed by atoms with E-state index in [9.17, 15) is 0 Å². The smallest absolute Gasteiger partial charge is 0.195 e. The maximum Gasteiger partial charge on any atom is 0.195 e. The molecular weight excluding hydrogens is 238 g/mol. The van der Waals surface area contributed by atoms with Crippen LogP contribution in [0.25, 0.3) is 11.1 Å². The minimum atomic E-state index is 0.485. The fraction of sp³-hybridized carbons (Fsp3) is 0.533. The van der Waals surface area contributed by atoms with Gasteiger partial charge in [0.2, 0.25) is 0 Å². The lowest BCUT2D eigenvalue weighted by Gasteiger charge is -2.19. The lowest BCUT2D eigenvalue weighted by atomic mass is 9.96. The summed E-state index contributed by atoms with van der Waals surface area (Å²) in [6.07, 6.45) is 0.819. The number of oxazole rings is 1. The first-order chi connectivity index (χ1) is 9.13. The van der Waals surface area contributed by atoms with Gasteiger partial charge in [0.1, 0.15) is 5.52 Å². The molecular formula is C15H23N3O. The summed E-state index contributed by atoms with van der Waals surface area (Å²) < 4.78 is 5.60. The Morgan fingerprint density at radius 2 is 2.16 bits per heavy atom. The van der Waals surface area contributed by atoms with E-state index in [1.54, 1.807) is 0 Å². The van der Waals surface area contributed by atoms with Crippen molar-refractivity contribution in [3.63, 3.8) is 0 Å². The van der Waals surface area contributed by atoms with Gasteiger partial charge in [0.25, 0.3) is 0 Å². The summed E-state index contributed by atoms with van der Waals surface area (Å²) in [7, 11) is 0. The van der Waals surface area contributed by atoms with E-state index >= 15 is 0 Å². The Bertz CT molecular complexity index is 533. The molecule has 1 unspecified atom stereocenters. The highest BCUT2D eigenvalue weighted by molar-refractivity contribution is 5.77. The number of hydrogen-bond acceptors (Lipinski definition) is 4. The Morgan fingerprint density at radius 1 is 1.37 bits per heavy atom. The van der Waals surface area contributed by atoms with Crippen LogP contribution in [0.1, 0.15) is 26.7 Å². The van der Waals surface area contributed by atoms with Crippen molar-refractivity contribution in [2.75, 3.05) is 18.4 Å². The largest absolute Gasteiger partial charge is 0.441 e. The molecule has 0 bridgehead atoms.